The molecule has 0 saturated carbocycles. The van der Waals surface area contributed by atoms with Gasteiger partial charge in [0.25, 0.3) is 0 Å². The summed E-state index contributed by atoms with van der Waals surface area (Å²) in [6, 6.07) is 12.7. The number of rotatable bonds is 6. The van der Waals surface area contributed by atoms with Crippen molar-refractivity contribution in [2.75, 3.05) is 18.4 Å². The number of piperidine rings is 1. The molecule has 2 aromatic rings. The van der Waals surface area contributed by atoms with E-state index in [9.17, 15) is 4.79 Å². The third-order valence-corrected chi connectivity index (χ3v) is 4.79. The van der Waals surface area contributed by atoms with E-state index in [0.29, 0.717) is 18.5 Å². The molecule has 0 unspecified atom stereocenters. The number of nitrogens with zero attached hydrogens (tertiary/aromatic N) is 2. The lowest BCUT2D eigenvalue weighted by atomic mass is 9.95. The summed E-state index contributed by atoms with van der Waals surface area (Å²) in [6.45, 7) is 5.46. The molecule has 5 nitrogen and oxygen atoms in total. The van der Waals surface area contributed by atoms with Crippen LogP contribution in [0.25, 0.3) is 0 Å². The smallest absolute Gasteiger partial charge is 0.240 e. The SMILES string of the molecule is CC(C)c1cc(NC(=O)CN2CCCC[C@@H]2Cc2ccccc2)on1. The van der Waals surface area contributed by atoms with Crippen LogP contribution in [0.1, 0.15) is 50.3 Å². The standard InChI is InChI=1S/C20H27N3O2/c1-15(2)18-13-20(25-22-18)21-19(24)14-23-11-7-6-10-17(23)12-16-8-4-3-5-9-16/h3-5,8-9,13,15,17H,6-7,10-12,14H2,1-2H3,(H,21,24)/t17-/m1/s1. The van der Waals surface area contributed by atoms with Crippen LogP contribution in [0.2, 0.25) is 0 Å². The molecule has 2 heterocycles. The third-order valence-electron chi connectivity index (χ3n) is 4.79. The normalized spacial score (nSPS) is 18.4. The van der Waals surface area contributed by atoms with Gasteiger partial charge in [-0.25, -0.2) is 0 Å². The Morgan fingerprint density at radius 1 is 1.32 bits per heavy atom. The molecule has 0 radical (unpaired) electrons. The molecular formula is C20H27N3O2. The molecule has 0 bridgehead atoms. The predicted octanol–water partition coefficient (Wildman–Crippen LogP) is 3.83. The van der Waals surface area contributed by atoms with Crippen LogP contribution in [0, 0.1) is 0 Å². The lowest BCUT2D eigenvalue weighted by molar-refractivity contribution is -0.118. The van der Waals surface area contributed by atoms with Gasteiger partial charge in [0, 0.05) is 12.1 Å². The molecule has 1 aliphatic rings. The highest BCUT2D eigenvalue weighted by Crippen LogP contribution is 2.21. The van der Waals surface area contributed by atoms with Gasteiger partial charge in [-0.1, -0.05) is 55.8 Å². The Balaban J connectivity index is 1.57. The van der Waals surface area contributed by atoms with Gasteiger partial charge in [-0.05, 0) is 37.3 Å². The van der Waals surface area contributed by atoms with E-state index in [1.807, 2.05) is 19.9 Å². The number of likely N-dealkylation sites (tertiary alicyclic amines) is 1. The minimum Gasteiger partial charge on any atom is -0.338 e. The van der Waals surface area contributed by atoms with Crippen molar-refractivity contribution in [2.24, 2.45) is 0 Å². The van der Waals surface area contributed by atoms with Crippen LogP contribution in [-0.2, 0) is 11.2 Å². The Bertz CT molecular complexity index is 681. The van der Waals surface area contributed by atoms with E-state index >= 15 is 0 Å². The maximum Gasteiger partial charge on any atom is 0.240 e. The van der Waals surface area contributed by atoms with Crippen molar-refractivity contribution in [1.29, 1.82) is 0 Å². The fourth-order valence-electron chi connectivity index (χ4n) is 3.37. The number of benzene rings is 1. The molecule has 1 amide bonds. The van der Waals surface area contributed by atoms with E-state index in [1.165, 1.54) is 12.0 Å². The zero-order valence-electron chi connectivity index (χ0n) is 15.1. The Labute approximate surface area is 149 Å². The van der Waals surface area contributed by atoms with E-state index in [2.05, 4.69) is 39.6 Å². The number of aromatic nitrogens is 1. The third kappa shape index (κ3) is 4.92. The molecule has 1 aromatic heterocycles. The summed E-state index contributed by atoms with van der Waals surface area (Å²) >= 11 is 0. The van der Waals surface area contributed by atoms with Crippen molar-refractivity contribution < 1.29 is 9.32 Å². The molecule has 134 valence electrons. The average Bonchev–Trinajstić information content (AvgIpc) is 3.06. The fourth-order valence-corrected chi connectivity index (χ4v) is 3.37. The topological polar surface area (TPSA) is 58.4 Å². The zero-order valence-corrected chi connectivity index (χ0v) is 15.1. The second-order valence-electron chi connectivity index (χ2n) is 7.13. The first kappa shape index (κ1) is 17.7. The maximum atomic E-state index is 12.4. The van der Waals surface area contributed by atoms with Gasteiger partial charge in [0.2, 0.25) is 11.8 Å². The summed E-state index contributed by atoms with van der Waals surface area (Å²) in [4.78, 5) is 14.7. The van der Waals surface area contributed by atoms with Crippen LogP contribution in [0.5, 0.6) is 0 Å². The highest BCUT2D eigenvalue weighted by Gasteiger charge is 2.25. The molecular weight excluding hydrogens is 314 g/mol. The van der Waals surface area contributed by atoms with Crippen molar-refractivity contribution in [3.8, 4) is 0 Å². The quantitative estimate of drug-likeness (QED) is 0.867. The molecule has 5 heteroatoms. The first-order valence-electron chi connectivity index (χ1n) is 9.16. The first-order valence-corrected chi connectivity index (χ1v) is 9.16. The van der Waals surface area contributed by atoms with Crippen molar-refractivity contribution in [3.05, 3.63) is 47.7 Å². The fraction of sp³-hybridized carbons (Fsp3) is 0.500. The molecule has 3 rings (SSSR count). The number of nitrogens with one attached hydrogen (secondary N) is 1. The highest BCUT2D eigenvalue weighted by atomic mass is 16.5. The van der Waals surface area contributed by atoms with Gasteiger partial charge in [0.1, 0.15) is 0 Å². The largest absolute Gasteiger partial charge is 0.338 e. The Morgan fingerprint density at radius 3 is 2.84 bits per heavy atom. The van der Waals surface area contributed by atoms with Crippen LogP contribution >= 0.6 is 0 Å². The number of amides is 1. The molecule has 25 heavy (non-hydrogen) atoms. The van der Waals surface area contributed by atoms with Crippen molar-refractivity contribution >= 4 is 11.8 Å². The second kappa shape index (κ2) is 8.30. The van der Waals surface area contributed by atoms with E-state index in [-0.39, 0.29) is 11.8 Å². The van der Waals surface area contributed by atoms with E-state index in [4.69, 9.17) is 4.52 Å². The van der Waals surface area contributed by atoms with Crippen LogP contribution in [0.4, 0.5) is 5.88 Å². The number of carbonyl (C=O) groups is 1. The summed E-state index contributed by atoms with van der Waals surface area (Å²) in [5.41, 5.74) is 2.19. The average molecular weight is 341 g/mol. The highest BCUT2D eigenvalue weighted by molar-refractivity contribution is 5.91. The molecule has 1 aromatic carbocycles. The van der Waals surface area contributed by atoms with E-state index < -0.39 is 0 Å². The summed E-state index contributed by atoms with van der Waals surface area (Å²) < 4.78 is 5.21. The van der Waals surface area contributed by atoms with Crippen LogP contribution < -0.4 is 5.32 Å². The molecule has 0 spiro atoms. The maximum absolute atomic E-state index is 12.4. The molecule has 0 aliphatic carbocycles. The van der Waals surface area contributed by atoms with E-state index in [1.54, 1.807) is 6.07 Å². The molecule has 1 aliphatic heterocycles. The van der Waals surface area contributed by atoms with Crippen molar-refractivity contribution in [3.63, 3.8) is 0 Å². The van der Waals surface area contributed by atoms with E-state index in [0.717, 1.165) is 31.5 Å². The summed E-state index contributed by atoms with van der Waals surface area (Å²) in [5, 5.41) is 6.82. The lowest BCUT2D eigenvalue weighted by Gasteiger charge is -2.35. The molecule has 1 fully saturated rings. The van der Waals surface area contributed by atoms with Gasteiger partial charge in [-0.15, -0.1) is 0 Å². The van der Waals surface area contributed by atoms with Gasteiger partial charge < -0.3 is 4.52 Å². The Morgan fingerprint density at radius 2 is 2.12 bits per heavy atom. The molecule has 1 saturated heterocycles. The lowest BCUT2D eigenvalue weighted by Crippen LogP contribution is -2.45. The first-order chi connectivity index (χ1) is 12.1. The van der Waals surface area contributed by atoms with Crippen molar-refractivity contribution in [2.45, 2.75) is 51.5 Å². The number of anilines is 1. The Kier molecular flexibility index (Phi) is 5.87. The van der Waals surface area contributed by atoms with Crippen LogP contribution in [-0.4, -0.2) is 35.1 Å². The monoisotopic (exact) mass is 341 g/mol. The number of carbonyl (C=O) groups excluding carboxylic acids is 1. The minimum absolute atomic E-state index is 0.0357. The van der Waals surface area contributed by atoms with Gasteiger partial charge in [0.15, 0.2) is 0 Å². The minimum atomic E-state index is -0.0357. The number of hydrogen-bond acceptors (Lipinski definition) is 4. The van der Waals surface area contributed by atoms with Crippen LogP contribution in [0.3, 0.4) is 0 Å². The second-order valence-corrected chi connectivity index (χ2v) is 7.13. The Hall–Kier alpha value is -2.14. The van der Waals surface area contributed by atoms with Gasteiger partial charge in [-0.3, -0.25) is 15.0 Å². The summed E-state index contributed by atoms with van der Waals surface area (Å²) in [7, 11) is 0. The summed E-state index contributed by atoms with van der Waals surface area (Å²) in [5.74, 6) is 0.684. The molecule has 1 N–H and O–H groups in total. The zero-order chi connectivity index (χ0) is 17.6. The van der Waals surface area contributed by atoms with Crippen molar-refractivity contribution in [1.82, 2.24) is 10.1 Å². The van der Waals surface area contributed by atoms with Crippen LogP contribution in [0.15, 0.2) is 40.9 Å². The number of hydrogen-bond donors (Lipinski definition) is 1. The van der Waals surface area contributed by atoms with Gasteiger partial charge in [0.05, 0.1) is 12.2 Å². The van der Waals surface area contributed by atoms with Gasteiger partial charge in [-0.2, -0.15) is 0 Å². The predicted molar refractivity (Wildman–Crippen MR) is 98.6 cm³/mol. The van der Waals surface area contributed by atoms with Gasteiger partial charge >= 0.3 is 0 Å². The molecule has 1 atom stereocenters. The summed E-state index contributed by atoms with van der Waals surface area (Å²) in [6.07, 6.45) is 4.52.